The first-order chi connectivity index (χ1) is 12.8. The number of aromatic amines is 1. The molecule has 0 radical (unpaired) electrons. The van der Waals surface area contributed by atoms with Crippen LogP contribution in [0.25, 0.3) is 22.2 Å². The van der Waals surface area contributed by atoms with Gasteiger partial charge in [-0.15, -0.1) is 0 Å². The van der Waals surface area contributed by atoms with Crippen molar-refractivity contribution in [1.82, 2.24) is 4.98 Å². The van der Waals surface area contributed by atoms with Gasteiger partial charge in [-0.3, -0.25) is 14.9 Å². The number of hydrogen-bond donors (Lipinski definition) is 1. The molecule has 0 aliphatic rings. The highest BCUT2D eigenvalue weighted by molar-refractivity contribution is 9.11. The van der Waals surface area contributed by atoms with Crippen LogP contribution in [0.15, 0.2) is 43.7 Å². The zero-order chi connectivity index (χ0) is 19.7. The van der Waals surface area contributed by atoms with Crippen LogP contribution in [-0.2, 0) is 16.0 Å². The molecule has 27 heavy (non-hydrogen) atoms. The molecule has 0 unspecified atom stereocenters. The van der Waals surface area contributed by atoms with Crippen LogP contribution in [0.1, 0.15) is 12.5 Å². The zero-order valence-electron chi connectivity index (χ0n) is 14.0. The zero-order valence-corrected chi connectivity index (χ0v) is 18.8. The van der Waals surface area contributed by atoms with Gasteiger partial charge >= 0.3 is 5.97 Å². The number of hydrogen-bond acceptors (Lipinski definition) is 4. The second-order valence-corrected chi connectivity index (χ2v) is 8.37. The Balaban J connectivity index is 2.33. The highest BCUT2D eigenvalue weighted by atomic mass is 79.9. The van der Waals surface area contributed by atoms with Crippen molar-refractivity contribution in [2.75, 3.05) is 6.61 Å². The first kappa shape index (κ1) is 20.0. The van der Waals surface area contributed by atoms with E-state index in [9.17, 15) is 14.9 Å². The number of benzene rings is 2. The number of nitro benzene ring substituents is 1. The molecule has 140 valence electrons. The normalized spacial score (nSPS) is 11.0. The lowest BCUT2D eigenvalue weighted by atomic mass is 10.0. The Morgan fingerprint density at radius 3 is 2.59 bits per heavy atom. The number of rotatable bonds is 5. The molecule has 3 aromatic rings. The van der Waals surface area contributed by atoms with E-state index in [1.54, 1.807) is 19.1 Å². The Labute approximate surface area is 179 Å². The van der Waals surface area contributed by atoms with Crippen LogP contribution in [0.2, 0.25) is 0 Å². The molecule has 0 aliphatic carbocycles. The Kier molecular flexibility index (Phi) is 6.02. The molecule has 1 heterocycles. The summed E-state index contributed by atoms with van der Waals surface area (Å²) in [6, 6.07) is 8.46. The summed E-state index contributed by atoms with van der Waals surface area (Å²) < 4.78 is 7.39. The van der Waals surface area contributed by atoms with E-state index in [4.69, 9.17) is 4.74 Å². The number of aromatic nitrogens is 1. The van der Waals surface area contributed by atoms with Gasteiger partial charge < -0.3 is 9.72 Å². The van der Waals surface area contributed by atoms with Gasteiger partial charge in [-0.05, 0) is 52.7 Å². The maximum absolute atomic E-state index is 12.2. The van der Waals surface area contributed by atoms with Gasteiger partial charge in [0.25, 0.3) is 5.69 Å². The molecule has 1 aromatic heterocycles. The van der Waals surface area contributed by atoms with Crippen molar-refractivity contribution >= 4 is 70.3 Å². The predicted molar refractivity (Wildman–Crippen MR) is 114 cm³/mol. The molecular formula is C18H13Br3N2O4. The minimum absolute atomic E-state index is 0.00423. The monoisotopic (exact) mass is 558 g/mol. The number of ether oxygens (including phenoxy) is 1. The van der Waals surface area contributed by atoms with E-state index in [1.165, 1.54) is 6.07 Å². The van der Waals surface area contributed by atoms with Gasteiger partial charge in [-0.2, -0.15) is 0 Å². The van der Waals surface area contributed by atoms with Crippen molar-refractivity contribution < 1.29 is 14.5 Å². The quantitative estimate of drug-likeness (QED) is 0.231. The average Bonchev–Trinajstić information content (AvgIpc) is 2.93. The van der Waals surface area contributed by atoms with Crippen molar-refractivity contribution in [3.8, 4) is 11.3 Å². The van der Waals surface area contributed by atoms with Crippen LogP contribution in [0.4, 0.5) is 5.69 Å². The first-order valence-corrected chi connectivity index (χ1v) is 10.3. The van der Waals surface area contributed by atoms with Crippen molar-refractivity contribution in [3.05, 3.63) is 59.4 Å². The summed E-state index contributed by atoms with van der Waals surface area (Å²) in [7, 11) is 0. The summed E-state index contributed by atoms with van der Waals surface area (Å²) in [6.07, 6.45) is -0.00423. The third kappa shape index (κ3) is 4.09. The lowest BCUT2D eigenvalue weighted by Gasteiger charge is -2.07. The van der Waals surface area contributed by atoms with E-state index in [2.05, 4.69) is 52.8 Å². The second kappa shape index (κ2) is 8.12. The summed E-state index contributed by atoms with van der Waals surface area (Å²) in [6.45, 7) is 2.00. The number of H-pyrrole nitrogens is 1. The summed E-state index contributed by atoms with van der Waals surface area (Å²) in [5.41, 5.74) is 2.26. The third-order valence-corrected chi connectivity index (χ3v) is 5.56. The van der Waals surface area contributed by atoms with E-state index < -0.39 is 10.9 Å². The van der Waals surface area contributed by atoms with Gasteiger partial charge in [0.2, 0.25) is 0 Å². The molecule has 0 amide bonds. The summed E-state index contributed by atoms with van der Waals surface area (Å²) in [5.74, 6) is -0.395. The molecule has 3 rings (SSSR count). The summed E-state index contributed by atoms with van der Waals surface area (Å²) in [4.78, 5) is 26.5. The van der Waals surface area contributed by atoms with Crippen LogP contribution in [0, 0.1) is 10.1 Å². The fraction of sp³-hybridized carbons (Fsp3) is 0.167. The van der Waals surface area contributed by atoms with Crippen LogP contribution >= 0.6 is 47.8 Å². The number of esters is 1. The summed E-state index contributed by atoms with van der Waals surface area (Å²) >= 11 is 10.3. The predicted octanol–water partition coefficient (Wildman–Crippen LogP) is 6.14. The lowest BCUT2D eigenvalue weighted by Crippen LogP contribution is -2.08. The van der Waals surface area contributed by atoms with Crippen molar-refractivity contribution in [2.45, 2.75) is 13.3 Å². The fourth-order valence-electron chi connectivity index (χ4n) is 2.91. The standard InChI is InChI=1S/C18H13Br3N2O4/c1-2-27-16(24)8-12-11-6-10(20)7-14(21)18(11)22-17(12)13-5-9(19)3-4-15(13)23(25)26/h3-7,22H,2,8H2,1H3. The van der Waals surface area contributed by atoms with Gasteiger partial charge in [0, 0.05) is 24.9 Å². The molecule has 0 spiro atoms. The molecule has 0 saturated heterocycles. The number of carbonyl (C=O) groups excluding carboxylic acids is 1. The maximum Gasteiger partial charge on any atom is 0.310 e. The molecule has 2 aromatic carbocycles. The van der Waals surface area contributed by atoms with Crippen molar-refractivity contribution in [2.24, 2.45) is 0 Å². The van der Waals surface area contributed by atoms with Crippen LogP contribution in [-0.4, -0.2) is 22.5 Å². The Hall–Kier alpha value is -1.71. The van der Waals surface area contributed by atoms with E-state index in [0.717, 1.165) is 19.8 Å². The maximum atomic E-state index is 12.2. The molecule has 0 aliphatic heterocycles. The number of halogens is 3. The lowest BCUT2D eigenvalue weighted by molar-refractivity contribution is -0.384. The first-order valence-electron chi connectivity index (χ1n) is 7.91. The van der Waals surface area contributed by atoms with Crippen molar-refractivity contribution in [1.29, 1.82) is 0 Å². The molecule has 0 saturated carbocycles. The number of nitrogens with zero attached hydrogens (tertiary/aromatic N) is 1. The molecule has 0 bridgehead atoms. The van der Waals surface area contributed by atoms with Crippen LogP contribution in [0.3, 0.4) is 0 Å². The fourth-order valence-corrected chi connectivity index (χ4v) is 4.60. The minimum atomic E-state index is -0.438. The number of carbonyl (C=O) groups is 1. The smallest absolute Gasteiger partial charge is 0.310 e. The topological polar surface area (TPSA) is 85.2 Å². The SMILES string of the molecule is CCOC(=O)Cc1c(-c2cc(Br)ccc2[N+](=O)[O-])[nH]c2c(Br)cc(Br)cc12. The molecule has 9 heteroatoms. The Morgan fingerprint density at radius 2 is 1.93 bits per heavy atom. The van der Waals surface area contributed by atoms with Gasteiger partial charge in [-0.1, -0.05) is 31.9 Å². The van der Waals surface area contributed by atoms with Crippen LogP contribution in [0.5, 0.6) is 0 Å². The van der Waals surface area contributed by atoms with E-state index in [0.29, 0.717) is 21.3 Å². The highest BCUT2D eigenvalue weighted by Crippen LogP contribution is 2.40. The Morgan fingerprint density at radius 1 is 1.19 bits per heavy atom. The minimum Gasteiger partial charge on any atom is -0.466 e. The third-order valence-electron chi connectivity index (χ3n) is 3.98. The van der Waals surface area contributed by atoms with E-state index >= 15 is 0 Å². The molecule has 0 fully saturated rings. The molecule has 1 N–H and O–H groups in total. The van der Waals surface area contributed by atoms with Gasteiger partial charge in [0.15, 0.2) is 0 Å². The molecule has 0 atom stereocenters. The highest BCUT2D eigenvalue weighted by Gasteiger charge is 2.24. The Bertz CT molecular complexity index is 1060. The van der Waals surface area contributed by atoms with Crippen molar-refractivity contribution in [3.63, 3.8) is 0 Å². The van der Waals surface area contributed by atoms with Crippen LogP contribution < -0.4 is 0 Å². The van der Waals surface area contributed by atoms with Gasteiger partial charge in [0.05, 0.1) is 34.7 Å². The molecular weight excluding hydrogens is 548 g/mol. The molecule has 6 nitrogen and oxygen atoms in total. The number of nitrogens with one attached hydrogen (secondary N) is 1. The average molecular weight is 561 g/mol. The largest absolute Gasteiger partial charge is 0.466 e. The number of fused-ring (bicyclic) bond motifs is 1. The summed E-state index contributed by atoms with van der Waals surface area (Å²) in [5, 5.41) is 12.3. The van der Waals surface area contributed by atoms with E-state index in [1.807, 2.05) is 12.1 Å². The van der Waals surface area contributed by atoms with Gasteiger partial charge in [0.1, 0.15) is 0 Å². The van der Waals surface area contributed by atoms with Gasteiger partial charge in [-0.25, -0.2) is 0 Å². The van der Waals surface area contributed by atoms with E-state index in [-0.39, 0.29) is 18.7 Å². The second-order valence-electron chi connectivity index (χ2n) is 5.69. The number of nitro groups is 1.